The van der Waals surface area contributed by atoms with Crippen LogP contribution in [0.15, 0.2) is 54.9 Å². The van der Waals surface area contributed by atoms with E-state index in [2.05, 4.69) is 30.8 Å². The van der Waals surface area contributed by atoms with Gasteiger partial charge in [0.1, 0.15) is 12.2 Å². The summed E-state index contributed by atoms with van der Waals surface area (Å²) < 4.78 is 1.45. The lowest BCUT2D eigenvalue weighted by atomic mass is 10.0. The van der Waals surface area contributed by atoms with Gasteiger partial charge in [-0.3, -0.25) is 9.59 Å². The van der Waals surface area contributed by atoms with E-state index in [9.17, 15) is 14.4 Å². The summed E-state index contributed by atoms with van der Waals surface area (Å²) in [5.74, 6) is -1.31. The molecule has 1 aliphatic rings. The van der Waals surface area contributed by atoms with E-state index in [1.807, 2.05) is 0 Å². The molecule has 1 atom stereocenters. The number of hydrogen-bond acceptors (Lipinski definition) is 7. The number of benzene rings is 2. The summed E-state index contributed by atoms with van der Waals surface area (Å²) in [6.45, 7) is 2.06. The number of aromatic carboxylic acids is 1. The second kappa shape index (κ2) is 10.3. The number of fused-ring (bicyclic) bond motifs is 1. The summed E-state index contributed by atoms with van der Waals surface area (Å²) in [6.07, 6.45) is 4.89. The zero-order chi connectivity index (χ0) is 26.8. The van der Waals surface area contributed by atoms with Crippen LogP contribution < -0.4 is 5.32 Å². The van der Waals surface area contributed by atoms with Gasteiger partial charge in [0.15, 0.2) is 6.04 Å². The first-order chi connectivity index (χ1) is 18.3. The largest absolute Gasteiger partial charge is 0.478 e. The molecule has 2 aromatic heterocycles. The molecule has 1 unspecified atom stereocenters. The van der Waals surface area contributed by atoms with Crippen LogP contribution in [0.3, 0.4) is 0 Å². The summed E-state index contributed by atoms with van der Waals surface area (Å²) in [5.41, 5.74) is 2.96. The van der Waals surface area contributed by atoms with Crippen LogP contribution in [-0.2, 0) is 16.0 Å². The SMILES string of the molecule is Cc1nc2c([nH]1)CCN(C(=O)C=Cc1cc(Cl)ccc1-n1cnnn1)C2C(=O)Nc1ccc(C(=O)O)cc1. The molecule has 3 N–H and O–H groups in total. The van der Waals surface area contributed by atoms with Crippen LogP contribution in [0.5, 0.6) is 0 Å². The molecule has 0 saturated heterocycles. The summed E-state index contributed by atoms with van der Waals surface area (Å²) in [6, 6.07) is 9.86. The van der Waals surface area contributed by atoms with Gasteiger partial charge in [-0.15, -0.1) is 5.10 Å². The minimum Gasteiger partial charge on any atom is -0.478 e. The van der Waals surface area contributed by atoms with E-state index in [1.54, 1.807) is 31.2 Å². The van der Waals surface area contributed by atoms with E-state index >= 15 is 0 Å². The molecule has 0 aliphatic carbocycles. The number of H-pyrrole nitrogens is 1. The number of rotatable bonds is 6. The van der Waals surface area contributed by atoms with Crippen molar-refractivity contribution < 1.29 is 19.5 Å². The van der Waals surface area contributed by atoms with Crippen molar-refractivity contribution in [1.82, 2.24) is 35.1 Å². The number of carboxylic acid groups (broad SMARTS) is 1. The van der Waals surface area contributed by atoms with Crippen molar-refractivity contribution in [1.29, 1.82) is 0 Å². The van der Waals surface area contributed by atoms with Crippen molar-refractivity contribution in [3.05, 3.63) is 88.2 Å². The topological polar surface area (TPSA) is 159 Å². The lowest BCUT2D eigenvalue weighted by Crippen LogP contribution is -2.44. The number of amides is 2. The Labute approximate surface area is 220 Å². The second-order valence-corrected chi connectivity index (χ2v) is 8.97. The van der Waals surface area contributed by atoms with E-state index < -0.39 is 23.8 Å². The molecule has 13 heteroatoms. The zero-order valence-electron chi connectivity index (χ0n) is 20.0. The van der Waals surface area contributed by atoms with Gasteiger partial charge < -0.3 is 20.3 Å². The smallest absolute Gasteiger partial charge is 0.335 e. The van der Waals surface area contributed by atoms with Gasteiger partial charge in [-0.2, -0.15) is 4.68 Å². The number of carbonyl (C=O) groups is 3. The normalized spacial score (nSPS) is 14.9. The maximum Gasteiger partial charge on any atom is 0.335 e. The Balaban J connectivity index is 1.43. The molecule has 38 heavy (non-hydrogen) atoms. The number of aromatic nitrogens is 6. The van der Waals surface area contributed by atoms with Crippen molar-refractivity contribution in [3.63, 3.8) is 0 Å². The number of hydrogen-bond donors (Lipinski definition) is 3. The van der Waals surface area contributed by atoms with Crippen molar-refractivity contribution in [3.8, 4) is 5.69 Å². The Kier molecular flexibility index (Phi) is 6.71. The van der Waals surface area contributed by atoms with Crippen LogP contribution >= 0.6 is 11.6 Å². The molecule has 5 rings (SSSR count). The Bertz CT molecular complexity index is 1550. The van der Waals surface area contributed by atoms with E-state index in [1.165, 1.54) is 46.3 Å². The Morgan fingerprint density at radius 1 is 1.18 bits per heavy atom. The molecule has 3 heterocycles. The third-order valence-electron chi connectivity index (χ3n) is 6.02. The molecule has 2 aromatic carbocycles. The summed E-state index contributed by atoms with van der Waals surface area (Å²) in [5, 5.41) is 23.6. The van der Waals surface area contributed by atoms with Crippen LogP contribution in [0, 0.1) is 6.92 Å². The lowest BCUT2D eigenvalue weighted by Gasteiger charge is -2.33. The fraction of sp³-hybridized carbons (Fsp3) is 0.160. The number of halogens is 1. The molecule has 0 fully saturated rings. The summed E-state index contributed by atoms with van der Waals surface area (Å²) in [4.78, 5) is 47.1. The standard InChI is InChI=1S/C25H21ClN8O4/c1-14-28-19-10-11-33(21(35)9-4-16-12-17(26)5-8-20(16)34-13-27-31-32-34)23(22(19)29-14)24(36)30-18-6-2-15(3-7-18)25(37)38/h2-9,12-13,23H,10-11H2,1H3,(H,28,29)(H,30,36)(H,37,38). The molecular formula is C25H21ClN8O4. The number of aromatic amines is 1. The molecule has 192 valence electrons. The first-order valence-corrected chi connectivity index (χ1v) is 11.9. The number of aryl methyl sites for hydroxylation is 1. The number of nitrogens with one attached hydrogen (secondary N) is 2. The number of carboxylic acids is 1. The number of nitrogens with zero attached hydrogens (tertiary/aromatic N) is 6. The highest BCUT2D eigenvalue weighted by molar-refractivity contribution is 6.30. The summed E-state index contributed by atoms with van der Waals surface area (Å²) >= 11 is 6.18. The first kappa shape index (κ1) is 24.8. The maximum atomic E-state index is 13.5. The molecule has 12 nitrogen and oxygen atoms in total. The van der Waals surface area contributed by atoms with Gasteiger partial charge in [0.2, 0.25) is 5.91 Å². The first-order valence-electron chi connectivity index (χ1n) is 11.5. The highest BCUT2D eigenvalue weighted by Crippen LogP contribution is 2.30. The van der Waals surface area contributed by atoms with Gasteiger partial charge in [-0.05, 0) is 65.9 Å². The van der Waals surface area contributed by atoms with Crippen molar-refractivity contribution in [2.45, 2.75) is 19.4 Å². The van der Waals surface area contributed by atoms with Crippen molar-refractivity contribution >= 4 is 41.1 Å². The number of imidazole rings is 1. The Hall–Kier alpha value is -4.84. The molecule has 0 bridgehead atoms. The predicted molar refractivity (Wildman–Crippen MR) is 137 cm³/mol. The van der Waals surface area contributed by atoms with Gasteiger partial charge in [0.25, 0.3) is 5.91 Å². The van der Waals surface area contributed by atoms with Crippen LogP contribution in [0.25, 0.3) is 11.8 Å². The molecule has 0 spiro atoms. The minimum atomic E-state index is -1.07. The van der Waals surface area contributed by atoms with Crippen LogP contribution in [0.2, 0.25) is 5.02 Å². The summed E-state index contributed by atoms with van der Waals surface area (Å²) in [7, 11) is 0. The number of carbonyl (C=O) groups excluding carboxylic acids is 2. The minimum absolute atomic E-state index is 0.0925. The Morgan fingerprint density at radius 3 is 2.68 bits per heavy atom. The monoisotopic (exact) mass is 532 g/mol. The van der Waals surface area contributed by atoms with E-state index in [4.69, 9.17) is 16.7 Å². The molecule has 4 aromatic rings. The average molecular weight is 533 g/mol. The van der Waals surface area contributed by atoms with Crippen molar-refractivity contribution in [2.24, 2.45) is 0 Å². The molecule has 0 saturated carbocycles. The van der Waals surface area contributed by atoms with Crippen LogP contribution in [0.1, 0.15) is 39.2 Å². The van der Waals surface area contributed by atoms with Gasteiger partial charge in [-0.1, -0.05) is 11.6 Å². The second-order valence-electron chi connectivity index (χ2n) is 8.53. The highest BCUT2D eigenvalue weighted by Gasteiger charge is 2.37. The van der Waals surface area contributed by atoms with E-state index in [0.29, 0.717) is 39.9 Å². The molecule has 2 amide bonds. The van der Waals surface area contributed by atoms with Gasteiger partial charge in [0.05, 0.1) is 16.9 Å². The third-order valence-corrected chi connectivity index (χ3v) is 6.26. The predicted octanol–water partition coefficient (Wildman–Crippen LogP) is 2.82. The van der Waals surface area contributed by atoms with Crippen LogP contribution in [-0.4, -0.2) is 64.5 Å². The van der Waals surface area contributed by atoms with Gasteiger partial charge in [-0.25, -0.2) is 9.78 Å². The van der Waals surface area contributed by atoms with Crippen molar-refractivity contribution in [2.75, 3.05) is 11.9 Å². The van der Waals surface area contributed by atoms with E-state index in [-0.39, 0.29) is 12.1 Å². The Morgan fingerprint density at radius 2 is 1.97 bits per heavy atom. The molecule has 0 radical (unpaired) electrons. The molecule has 1 aliphatic heterocycles. The highest BCUT2D eigenvalue weighted by atomic mass is 35.5. The van der Waals surface area contributed by atoms with Crippen LogP contribution in [0.4, 0.5) is 5.69 Å². The average Bonchev–Trinajstić information content (AvgIpc) is 3.56. The van der Waals surface area contributed by atoms with E-state index in [0.717, 1.165) is 5.69 Å². The molecular weight excluding hydrogens is 512 g/mol. The fourth-order valence-electron chi connectivity index (χ4n) is 4.29. The number of anilines is 1. The van der Waals surface area contributed by atoms with Gasteiger partial charge >= 0.3 is 5.97 Å². The fourth-order valence-corrected chi connectivity index (χ4v) is 4.47. The number of tetrazole rings is 1. The lowest BCUT2D eigenvalue weighted by molar-refractivity contribution is -0.135. The zero-order valence-corrected chi connectivity index (χ0v) is 20.8. The maximum absolute atomic E-state index is 13.5. The third kappa shape index (κ3) is 5.02. The quantitative estimate of drug-likeness (QED) is 0.320. The van der Waals surface area contributed by atoms with Gasteiger partial charge in [0, 0.05) is 41.0 Å².